The van der Waals surface area contributed by atoms with E-state index in [4.69, 9.17) is 5.84 Å². The Labute approximate surface area is 49.4 Å². The zero-order valence-electron chi connectivity index (χ0n) is 4.93. The molecule has 8 heavy (non-hydrogen) atoms. The average molecular weight is 112 g/mol. The van der Waals surface area contributed by atoms with E-state index >= 15 is 0 Å². The number of nitrogens with one attached hydrogen (secondary N) is 1. The van der Waals surface area contributed by atoms with Crippen LogP contribution in [0.15, 0.2) is 0 Å². The van der Waals surface area contributed by atoms with Crippen LogP contribution < -0.4 is 11.3 Å². The lowest BCUT2D eigenvalue weighted by molar-refractivity contribution is 0.495. The molecule has 3 N–H and O–H groups in total. The van der Waals surface area contributed by atoms with Crippen molar-refractivity contribution in [2.75, 3.05) is 0 Å². The maximum atomic E-state index is 5.27. The number of fused-ring (bicyclic) bond motifs is 1. The van der Waals surface area contributed by atoms with Crippen molar-refractivity contribution in [3.63, 3.8) is 0 Å². The Bertz CT molecular complexity index is 92.7. The second-order valence-electron chi connectivity index (χ2n) is 3.09. The first kappa shape index (κ1) is 4.77. The van der Waals surface area contributed by atoms with Crippen molar-refractivity contribution in [1.82, 2.24) is 5.43 Å². The van der Waals surface area contributed by atoms with E-state index in [0.29, 0.717) is 6.04 Å². The average Bonchev–Trinajstić information content (AvgIpc) is 2.40. The molecule has 0 aromatic rings. The maximum absolute atomic E-state index is 5.27. The van der Waals surface area contributed by atoms with E-state index in [-0.39, 0.29) is 0 Å². The summed E-state index contributed by atoms with van der Waals surface area (Å²) < 4.78 is 0. The van der Waals surface area contributed by atoms with Crippen LogP contribution in [0.4, 0.5) is 0 Å². The third kappa shape index (κ3) is 0.565. The summed E-state index contributed by atoms with van der Waals surface area (Å²) in [4.78, 5) is 0. The van der Waals surface area contributed by atoms with Crippen LogP contribution in [0.2, 0.25) is 0 Å². The lowest BCUT2D eigenvalue weighted by Gasteiger charge is -2.07. The molecule has 0 spiro atoms. The second kappa shape index (κ2) is 1.45. The highest BCUT2D eigenvalue weighted by Crippen LogP contribution is 2.51. The largest absolute Gasteiger partial charge is 0.271 e. The summed E-state index contributed by atoms with van der Waals surface area (Å²) in [5, 5.41) is 0. The molecule has 0 aromatic heterocycles. The third-order valence-electron chi connectivity index (χ3n) is 2.48. The normalized spacial score (nSPS) is 51.4. The lowest BCUT2D eigenvalue weighted by atomic mass is 10.2. The van der Waals surface area contributed by atoms with Gasteiger partial charge in [-0.1, -0.05) is 0 Å². The van der Waals surface area contributed by atoms with Gasteiger partial charge in [-0.2, -0.15) is 0 Å². The summed E-state index contributed by atoms with van der Waals surface area (Å²) in [7, 11) is 0. The topological polar surface area (TPSA) is 38.0 Å². The molecule has 2 unspecified atom stereocenters. The van der Waals surface area contributed by atoms with Gasteiger partial charge >= 0.3 is 0 Å². The number of hydrogen-bond donors (Lipinski definition) is 2. The van der Waals surface area contributed by atoms with E-state index in [1.807, 2.05) is 0 Å². The van der Waals surface area contributed by atoms with E-state index in [1.165, 1.54) is 19.3 Å². The van der Waals surface area contributed by atoms with Gasteiger partial charge in [0.25, 0.3) is 0 Å². The highest BCUT2D eigenvalue weighted by molar-refractivity contribution is 4.97. The number of hydrogen-bond acceptors (Lipinski definition) is 2. The first-order valence-corrected chi connectivity index (χ1v) is 3.36. The molecule has 46 valence electrons. The Kier molecular flexibility index (Phi) is 0.866. The molecule has 2 heteroatoms. The maximum Gasteiger partial charge on any atom is 0.0216 e. The van der Waals surface area contributed by atoms with Crippen LogP contribution in [-0.4, -0.2) is 6.04 Å². The van der Waals surface area contributed by atoms with Crippen molar-refractivity contribution < 1.29 is 0 Å². The van der Waals surface area contributed by atoms with Gasteiger partial charge in [0.05, 0.1) is 0 Å². The van der Waals surface area contributed by atoms with Crippen molar-refractivity contribution in [3.8, 4) is 0 Å². The molecular weight excluding hydrogens is 100 g/mol. The van der Waals surface area contributed by atoms with Gasteiger partial charge in [0.2, 0.25) is 0 Å². The second-order valence-corrected chi connectivity index (χ2v) is 3.09. The molecular formula is C6H12N2. The van der Waals surface area contributed by atoms with E-state index in [9.17, 15) is 0 Å². The molecule has 0 aromatic carbocycles. The van der Waals surface area contributed by atoms with E-state index < -0.39 is 0 Å². The molecule has 0 radical (unpaired) electrons. The summed E-state index contributed by atoms with van der Waals surface area (Å²) in [5.74, 6) is 7.37. The van der Waals surface area contributed by atoms with Gasteiger partial charge < -0.3 is 0 Å². The zero-order chi connectivity index (χ0) is 5.56. The van der Waals surface area contributed by atoms with Crippen LogP contribution >= 0.6 is 0 Å². The van der Waals surface area contributed by atoms with Crippen LogP contribution in [0.1, 0.15) is 19.3 Å². The summed E-state index contributed by atoms with van der Waals surface area (Å²) in [6, 6.07) is 0.652. The van der Waals surface area contributed by atoms with Gasteiger partial charge in [-0.15, -0.1) is 0 Å². The van der Waals surface area contributed by atoms with E-state index in [0.717, 1.165) is 11.8 Å². The van der Waals surface area contributed by atoms with E-state index in [2.05, 4.69) is 5.43 Å². The van der Waals surface area contributed by atoms with Crippen molar-refractivity contribution in [1.29, 1.82) is 0 Å². The molecule has 2 saturated carbocycles. The highest BCUT2D eigenvalue weighted by atomic mass is 15.2. The predicted molar refractivity (Wildman–Crippen MR) is 31.9 cm³/mol. The van der Waals surface area contributed by atoms with Crippen molar-refractivity contribution >= 4 is 0 Å². The Morgan fingerprint density at radius 3 is 2.12 bits per heavy atom. The molecule has 0 aliphatic heterocycles. The first-order chi connectivity index (χ1) is 3.90. The standard InChI is InChI=1S/C6H12N2/c7-8-6-2-4-1-5(4)3-6/h4-6,8H,1-3,7H2. The minimum absolute atomic E-state index is 0.652. The smallest absolute Gasteiger partial charge is 0.0216 e. The third-order valence-corrected chi connectivity index (χ3v) is 2.48. The summed E-state index contributed by atoms with van der Waals surface area (Å²) in [6.45, 7) is 0. The van der Waals surface area contributed by atoms with Gasteiger partial charge in [0, 0.05) is 6.04 Å². The Hall–Kier alpha value is -0.0800. The molecule has 2 aliphatic rings. The molecule has 0 amide bonds. The fourth-order valence-corrected chi connectivity index (χ4v) is 1.85. The molecule has 2 nitrogen and oxygen atoms in total. The molecule has 0 heterocycles. The fourth-order valence-electron chi connectivity index (χ4n) is 1.85. The number of rotatable bonds is 1. The summed E-state index contributed by atoms with van der Waals surface area (Å²) >= 11 is 0. The lowest BCUT2D eigenvalue weighted by Crippen LogP contribution is -2.33. The van der Waals surface area contributed by atoms with Crippen molar-refractivity contribution in [3.05, 3.63) is 0 Å². The number of hydrazine groups is 1. The van der Waals surface area contributed by atoms with Crippen LogP contribution in [0.5, 0.6) is 0 Å². The van der Waals surface area contributed by atoms with Crippen LogP contribution in [-0.2, 0) is 0 Å². The minimum atomic E-state index is 0.652. The van der Waals surface area contributed by atoms with Gasteiger partial charge in [-0.05, 0) is 31.1 Å². The zero-order valence-corrected chi connectivity index (χ0v) is 4.93. The van der Waals surface area contributed by atoms with Gasteiger partial charge in [0.1, 0.15) is 0 Å². The fraction of sp³-hybridized carbons (Fsp3) is 1.00. The van der Waals surface area contributed by atoms with Crippen LogP contribution in [0.3, 0.4) is 0 Å². The molecule has 2 aliphatic carbocycles. The van der Waals surface area contributed by atoms with Crippen molar-refractivity contribution in [2.45, 2.75) is 25.3 Å². The van der Waals surface area contributed by atoms with Gasteiger partial charge in [-0.25, -0.2) is 0 Å². The van der Waals surface area contributed by atoms with Gasteiger partial charge in [-0.3, -0.25) is 11.3 Å². The Morgan fingerprint density at radius 2 is 1.75 bits per heavy atom. The highest BCUT2D eigenvalue weighted by Gasteiger charge is 2.45. The van der Waals surface area contributed by atoms with Crippen LogP contribution in [0, 0.1) is 11.8 Å². The minimum Gasteiger partial charge on any atom is -0.271 e. The molecule has 2 atom stereocenters. The SMILES string of the molecule is NNC1CC2CC2C1. The predicted octanol–water partition coefficient (Wildman–Crippen LogP) is 0.248. The Morgan fingerprint density at radius 1 is 1.12 bits per heavy atom. The van der Waals surface area contributed by atoms with Crippen LogP contribution in [0.25, 0.3) is 0 Å². The molecule has 2 rings (SSSR count). The molecule has 0 bridgehead atoms. The van der Waals surface area contributed by atoms with E-state index in [1.54, 1.807) is 0 Å². The van der Waals surface area contributed by atoms with Crippen molar-refractivity contribution in [2.24, 2.45) is 17.7 Å². The molecule has 2 fully saturated rings. The summed E-state index contributed by atoms with van der Waals surface area (Å²) in [5.41, 5.74) is 2.82. The summed E-state index contributed by atoms with van der Waals surface area (Å²) in [6.07, 6.45) is 4.15. The Balaban J connectivity index is 1.89. The number of nitrogens with two attached hydrogens (primary N) is 1. The monoisotopic (exact) mass is 112 g/mol. The first-order valence-electron chi connectivity index (χ1n) is 3.36. The molecule has 0 saturated heterocycles. The quantitative estimate of drug-likeness (QED) is 0.377. The van der Waals surface area contributed by atoms with Gasteiger partial charge in [0.15, 0.2) is 0 Å².